The van der Waals surface area contributed by atoms with E-state index in [1.54, 1.807) is 0 Å². The molecule has 1 aliphatic rings. The van der Waals surface area contributed by atoms with Gasteiger partial charge in [0.25, 0.3) is 0 Å². The van der Waals surface area contributed by atoms with Crippen molar-refractivity contribution in [3.63, 3.8) is 0 Å². The number of hydrogen-bond acceptors (Lipinski definition) is 7. The van der Waals surface area contributed by atoms with Gasteiger partial charge in [-0.3, -0.25) is 0 Å². The fourth-order valence-corrected chi connectivity index (χ4v) is 15.8. The van der Waals surface area contributed by atoms with E-state index in [1.807, 2.05) is 0 Å². The number of hydrogen-bond donors (Lipinski definition) is 2. The van der Waals surface area contributed by atoms with Gasteiger partial charge in [-0.2, -0.15) is 0 Å². The molecule has 0 saturated heterocycles. The van der Waals surface area contributed by atoms with E-state index in [2.05, 4.69) is 11.4 Å². The molecular formula is C8H19Cl5N3O4P3. The second kappa shape index (κ2) is 10.6. The number of rotatable bonds is 9. The number of nitrogens with zero attached hydrogens (tertiary/aromatic N) is 3. The summed E-state index contributed by atoms with van der Waals surface area (Å²) in [6, 6.07) is 0. The molecule has 140 valence electrons. The van der Waals surface area contributed by atoms with Crippen molar-refractivity contribution in [3.8, 4) is 0 Å². The van der Waals surface area contributed by atoms with Crippen LogP contribution in [0, 0.1) is 0 Å². The Morgan fingerprint density at radius 2 is 1.96 bits per heavy atom. The van der Waals surface area contributed by atoms with Crippen LogP contribution in [0.3, 0.4) is 0 Å². The molecule has 0 bridgehead atoms. The van der Waals surface area contributed by atoms with Crippen molar-refractivity contribution >= 4 is 78.8 Å². The van der Waals surface area contributed by atoms with Crippen molar-refractivity contribution in [2.45, 2.75) is 32.3 Å². The van der Waals surface area contributed by atoms with Gasteiger partial charge >= 0.3 is 163 Å². The van der Waals surface area contributed by atoms with Gasteiger partial charge in [-0.15, -0.1) is 0 Å². The molecule has 2 atom stereocenters. The summed E-state index contributed by atoms with van der Waals surface area (Å²) in [5.41, 5.74) is 0. The monoisotopic (exact) mass is 489 g/mol. The molecule has 0 spiro atoms. The molecule has 0 aromatic carbocycles. The first-order valence-electron chi connectivity index (χ1n) is 6.68. The van der Waals surface area contributed by atoms with Gasteiger partial charge in [0.15, 0.2) is 0 Å². The first kappa shape index (κ1) is 23.3. The van der Waals surface area contributed by atoms with Gasteiger partial charge < -0.3 is 0 Å². The summed E-state index contributed by atoms with van der Waals surface area (Å²) < 4.78 is 17.5. The minimum absolute atomic E-state index is 0.267. The molecule has 0 radical (unpaired) electrons. The minimum atomic E-state index is -3.70. The van der Waals surface area contributed by atoms with Crippen LogP contribution < -0.4 is 0 Å². The molecule has 15 heteroatoms. The summed E-state index contributed by atoms with van der Waals surface area (Å²) in [7, 11) is -5.49. The van der Waals surface area contributed by atoms with Crippen molar-refractivity contribution in [1.82, 2.24) is 7.92 Å². The van der Waals surface area contributed by atoms with Crippen LogP contribution in [0.25, 0.3) is 0 Å². The van der Waals surface area contributed by atoms with Gasteiger partial charge in [0.2, 0.25) is 0 Å². The molecule has 0 saturated carbocycles. The van der Waals surface area contributed by atoms with Crippen LogP contribution in [-0.4, -0.2) is 44.1 Å². The van der Waals surface area contributed by atoms with Gasteiger partial charge in [0, 0.05) is 0 Å². The van der Waals surface area contributed by atoms with Crippen LogP contribution in [-0.2, 0) is 9.05 Å². The zero-order valence-electron chi connectivity index (χ0n) is 12.2. The summed E-state index contributed by atoms with van der Waals surface area (Å²) in [4.78, 5) is 0. The Hall–Kier alpha value is 2.30. The Bertz CT molecular complexity index is 436. The summed E-state index contributed by atoms with van der Waals surface area (Å²) in [5.74, 6) is -3.16. The van der Waals surface area contributed by atoms with Crippen LogP contribution in [0.4, 0.5) is 0 Å². The van der Waals surface area contributed by atoms with Crippen LogP contribution in [0.1, 0.15) is 26.2 Å². The zero-order chi connectivity index (χ0) is 17.7. The predicted molar refractivity (Wildman–Crippen MR) is 102 cm³/mol. The molecule has 2 N–H and O–H groups in total. The Kier molecular flexibility index (Phi) is 10.7. The molecule has 0 fully saturated rings. The summed E-state index contributed by atoms with van der Waals surface area (Å²) in [6.07, 6.45) is 1.56. The van der Waals surface area contributed by atoms with Crippen LogP contribution >= 0.6 is 78.8 Å². The number of aliphatic hydroxyl groups excluding tert-OH is 2. The van der Waals surface area contributed by atoms with E-state index in [1.165, 1.54) is 0 Å². The summed E-state index contributed by atoms with van der Waals surface area (Å²) in [5, 5.41) is 18.5. The van der Waals surface area contributed by atoms with E-state index in [-0.39, 0.29) is 6.61 Å². The standard InChI is InChI=1S/C8H19Cl5N3O4P3/c1-2-3-4-5-19-23(20-7-8(18)6-17)15(9)21(11)14-22(12,13)16(23)10/h8,17-18,23H,2-7H2,1H3. The van der Waals surface area contributed by atoms with Gasteiger partial charge in [-0.05, 0) is 0 Å². The molecule has 23 heavy (non-hydrogen) atoms. The maximum absolute atomic E-state index is 9.54. The fourth-order valence-electron chi connectivity index (χ4n) is 1.55. The van der Waals surface area contributed by atoms with Crippen molar-refractivity contribution in [3.05, 3.63) is 0 Å². The molecule has 1 heterocycles. The van der Waals surface area contributed by atoms with E-state index in [9.17, 15) is 5.11 Å². The van der Waals surface area contributed by atoms with E-state index < -0.39 is 34.2 Å². The summed E-state index contributed by atoms with van der Waals surface area (Å²) in [6.45, 7) is 1.59. The van der Waals surface area contributed by atoms with Gasteiger partial charge in [0.1, 0.15) is 0 Å². The average molecular weight is 491 g/mol. The Morgan fingerprint density at radius 3 is 2.52 bits per heavy atom. The molecular weight excluding hydrogens is 472 g/mol. The number of aliphatic hydroxyl groups is 2. The molecule has 1 aliphatic heterocycles. The van der Waals surface area contributed by atoms with Gasteiger partial charge in [0.05, 0.1) is 0 Å². The first-order chi connectivity index (χ1) is 10.7. The quantitative estimate of drug-likeness (QED) is 0.242. The van der Waals surface area contributed by atoms with E-state index in [0.717, 1.165) is 27.2 Å². The van der Waals surface area contributed by atoms with E-state index in [4.69, 9.17) is 71.4 Å². The summed E-state index contributed by atoms with van der Waals surface area (Å²) >= 11 is 30.9. The zero-order valence-corrected chi connectivity index (χ0v) is 18.7. The number of halogens is 5. The topological polar surface area (TPSA) is 77.8 Å². The van der Waals surface area contributed by atoms with Crippen LogP contribution in [0.15, 0.2) is 4.52 Å². The molecule has 7 nitrogen and oxygen atoms in total. The molecule has 2 unspecified atom stereocenters. The predicted octanol–water partition coefficient (Wildman–Crippen LogP) is 5.79. The Balaban J connectivity index is 3.02. The van der Waals surface area contributed by atoms with Crippen LogP contribution in [0.5, 0.6) is 0 Å². The van der Waals surface area contributed by atoms with Crippen LogP contribution in [0.2, 0.25) is 0 Å². The Morgan fingerprint density at radius 1 is 1.30 bits per heavy atom. The molecule has 0 aromatic rings. The Labute approximate surface area is 162 Å². The second-order valence-corrected chi connectivity index (χ2v) is 16.8. The van der Waals surface area contributed by atoms with Crippen molar-refractivity contribution in [2.75, 3.05) is 19.8 Å². The average Bonchev–Trinajstić information content (AvgIpc) is 2.51. The molecule has 0 aromatic heterocycles. The first-order valence-corrected chi connectivity index (χ1v) is 14.7. The third-order valence-electron chi connectivity index (χ3n) is 2.72. The third-order valence-corrected chi connectivity index (χ3v) is 17.3. The molecule has 0 aliphatic carbocycles. The third kappa shape index (κ3) is 6.16. The normalized spacial score (nSPS) is 27.4. The van der Waals surface area contributed by atoms with Crippen molar-refractivity contribution < 1.29 is 19.3 Å². The maximum atomic E-state index is 9.54. The van der Waals surface area contributed by atoms with Crippen molar-refractivity contribution in [1.29, 1.82) is 0 Å². The fraction of sp³-hybridized carbons (Fsp3) is 1.00. The number of unbranched alkanes of at least 4 members (excludes halogenated alkanes) is 2. The molecule has 0 amide bonds. The van der Waals surface area contributed by atoms with Gasteiger partial charge in [-0.25, -0.2) is 0 Å². The van der Waals surface area contributed by atoms with E-state index in [0.29, 0.717) is 6.61 Å². The SMILES string of the molecule is CCCCCO[PH]1(OCC(O)CO)N(Cl)P(Cl)N=P(Cl)(Cl)N1Cl. The molecule has 1 rings (SSSR count). The second-order valence-electron chi connectivity index (χ2n) is 4.56. The van der Waals surface area contributed by atoms with Gasteiger partial charge in [-0.1, -0.05) is 0 Å². The van der Waals surface area contributed by atoms with Crippen molar-refractivity contribution in [2.24, 2.45) is 4.52 Å². The van der Waals surface area contributed by atoms with E-state index >= 15 is 0 Å².